The number of ether oxygens (including phenoxy) is 2. The third-order valence-electron chi connectivity index (χ3n) is 5.32. The van der Waals surface area contributed by atoms with Gasteiger partial charge in [0.1, 0.15) is 0 Å². The second kappa shape index (κ2) is 10.4. The number of fused-ring (bicyclic) bond motifs is 1. The first-order chi connectivity index (χ1) is 15.2. The SMILES string of the molecule is CCCN(CC(=O)N(Cc1ccc2c(c1)OCO2)Cc1sccc1C)C(=O)CC(C)(C)C. The molecule has 2 amide bonds. The predicted octanol–water partition coefficient (Wildman–Crippen LogP) is 4.99. The van der Waals surface area contributed by atoms with Crippen molar-refractivity contribution >= 4 is 23.2 Å². The van der Waals surface area contributed by atoms with Crippen LogP contribution in [-0.4, -0.2) is 41.5 Å². The smallest absolute Gasteiger partial charge is 0.242 e. The third-order valence-corrected chi connectivity index (χ3v) is 6.33. The Bertz CT molecular complexity index is 948. The first-order valence-electron chi connectivity index (χ1n) is 11.1. The average molecular weight is 459 g/mol. The van der Waals surface area contributed by atoms with Gasteiger partial charge in [0.05, 0.1) is 13.1 Å². The molecule has 0 unspecified atom stereocenters. The molecule has 1 aromatic heterocycles. The summed E-state index contributed by atoms with van der Waals surface area (Å²) in [4.78, 5) is 31.0. The second-order valence-electron chi connectivity index (χ2n) is 9.52. The third kappa shape index (κ3) is 6.48. The molecule has 1 aliphatic heterocycles. The largest absolute Gasteiger partial charge is 0.454 e. The van der Waals surface area contributed by atoms with Crippen molar-refractivity contribution in [2.24, 2.45) is 5.41 Å². The van der Waals surface area contributed by atoms with E-state index in [4.69, 9.17) is 9.47 Å². The van der Waals surface area contributed by atoms with Gasteiger partial charge in [0.2, 0.25) is 18.6 Å². The van der Waals surface area contributed by atoms with Gasteiger partial charge in [-0.1, -0.05) is 33.8 Å². The zero-order valence-corrected chi connectivity index (χ0v) is 20.6. The number of hydrogen-bond donors (Lipinski definition) is 0. The Labute approximate surface area is 195 Å². The molecule has 32 heavy (non-hydrogen) atoms. The van der Waals surface area contributed by atoms with Crippen molar-refractivity contribution in [1.82, 2.24) is 9.80 Å². The molecule has 0 fully saturated rings. The van der Waals surface area contributed by atoms with E-state index >= 15 is 0 Å². The summed E-state index contributed by atoms with van der Waals surface area (Å²) in [6, 6.07) is 7.84. The molecule has 0 aliphatic carbocycles. The van der Waals surface area contributed by atoms with Gasteiger partial charge >= 0.3 is 0 Å². The van der Waals surface area contributed by atoms with Crippen LogP contribution in [-0.2, 0) is 22.7 Å². The minimum absolute atomic E-state index is 0.0306. The number of benzene rings is 1. The van der Waals surface area contributed by atoms with E-state index in [-0.39, 0.29) is 30.6 Å². The summed E-state index contributed by atoms with van der Waals surface area (Å²) in [6.45, 7) is 12.1. The summed E-state index contributed by atoms with van der Waals surface area (Å²) in [5, 5.41) is 2.05. The quantitative estimate of drug-likeness (QED) is 0.531. The number of hydrogen-bond acceptors (Lipinski definition) is 5. The fourth-order valence-corrected chi connectivity index (χ4v) is 4.54. The van der Waals surface area contributed by atoms with Crippen molar-refractivity contribution in [3.8, 4) is 11.5 Å². The minimum atomic E-state index is -0.119. The van der Waals surface area contributed by atoms with Gasteiger partial charge in [-0.25, -0.2) is 0 Å². The molecule has 174 valence electrons. The van der Waals surface area contributed by atoms with Crippen molar-refractivity contribution < 1.29 is 19.1 Å². The molecule has 0 saturated heterocycles. The molecular formula is C25H34N2O4S. The molecule has 3 rings (SSSR count). The van der Waals surface area contributed by atoms with E-state index in [9.17, 15) is 9.59 Å². The lowest BCUT2D eigenvalue weighted by Crippen LogP contribution is -2.43. The van der Waals surface area contributed by atoms with Crippen LogP contribution in [0.1, 0.15) is 56.5 Å². The Balaban J connectivity index is 1.78. The molecule has 0 bridgehead atoms. The van der Waals surface area contributed by atoms with Gasteiger partial charge < -0.3 is 19.3 Å². The van der Waals surface area contributed by atoms with E-state index < -0.39 is 0 Å². The number of amides is 2. The molecule has 0 saturated carbocycles. The van der Waals surface area contributed by atoms with Crippen LogP contribution in [0.15, 0.2) is 29.6 Å². The van der Waals surface area contributed by atoms with E-state index in [1.165, 1.54) is 5.56 Å². The highest BCUT2D eigenvalue weighted by Gasteiger charge is 2.25. The van der Waals surface area contributed by atoms with E-state index in [1.54, 1.807) is 16.2 Å². The molecule has 2 heterocycles. The monoisotopic (exact) mass is 458 g/mol. The van der Waals surface area contributed by atoms with E-state index in [0.29, 0.717) is 31.8 Å². The highest BCUT2D eigenvalue weighted by Crippen LogP contribution is 2.33. The first-order valence-corrected chi connectivity index (χ1v) is 12.0. The van der Waals surface area contributed by atoms with Gasteiger partial charge in [0.25, 0.3) is 0 Å². The topological polar surface area (TPSA) is 59.1 Å². The average Bonchev–Trinajstić information content (AvgIpc) is 3.34. The second-order valence-corrected chi connectivity index (χ2v) is 10.5. The van der Waals surface area contributed by atoms with Gasteiger partial charge in [-0.2, -0.15) is 0 Å². The number of thiophene rings is 1. The molecule has 0 atom stereocenters. The fourth-order valence-electron chi connectivity index (χ4n) is 3.62. The fraction of sp³-hybridized carbons (Fsp3) is 0.520. The molecule has 2 aromatic rings. The lowest BCUT2D eigenvalue weighted by molar-refractivity contribution is -0.142. The van der Waals surface area contributed by atoms with Crippen LogP contribution in [0.4, 0.5) is 0 Å². The molecule has 0 radical (unpaired) electrons. The van der Waals surface area contributed by atoms with Crippen molar-refractivity contribution in [3.05, 3.63) is 45.6 Å². The first kappa shape index (κ1) is 24.1. The van der Waals surface area contributed by atoms with Crippen molar-refractivity contribution in [1.29, 1.82) is 0 Å². The van der Waals surface area contributed by atoms with Crippen molar-refractivity contribution in [2.75, 3.05) is 19.9 Å². The minimum Gasteiger partial charge on any atom is -0.454 e. The molecule has 1 aliphatic rings. The van der Waals surface area contributed by atoms with Gasteiger partial charge in [0.15, 0.2) is 11.5 Å². The summed E-state index contributed by atoms with van der Waals surface area (Å²) in [6.07, 6.45) is 1.24. The van der Waals surface area contributed by atoms with Crippen LogP contribution in [0, 0.1) is 12.3 Å². The Kier molecular flexibility index (Phi) is 7.82. The van der Waals surface area contributed by atoms with E-state index in [0.717, 1.165) is 22.6 Å². The summed E-state index contributed by atoms with van der Waals surface area (Å²) in [5.74, 6) is 1.41. The highest BCUT2D eigenvalue weighted by atomic mass is 32.1. The van der Waals surface area contributed by atoms with Crippen LogP contribution in [0.2, 0.25) is 0 Å². The van der Waals surface area contributed by atoms with Gasteiger partial charge in [0, 0.05) is 24.4 Å². The zero-order chi connectivity index (χ0) is 23.3. The standard InChI is InChI=1S/C25H34N2O4S/c1-6-10-26(23(28)13-25(3,4)5)16-24(29)27(15-22-18(2)9-11-32-22)14-19-7-8-20-21(12-19)31-17-30-20/h7-9,11-12H,6,10,13-17H2,1-5H3. The van der Waals surface area contributed by atoms with Crippen LogP contribution < -0.4 is 9.47 Å². The van der Waals surface area contributed by atoms with Crippen LogP contribution in [0.5, 0.6) is 11.5 Å². The predicted molar refractivity (Wildman–Crippen MR) is 127 cm³/mol. The number of carbonyl (C=O) groups excluding carboxylic acids is 2. The van der Waals surface area contributed by atoms with Gasteiger partial charge in [-0.3, -0.25) is 9.59 Å². The maximum atomic E-state index is 13.5. The van der Waals surface area contributed by atoms with Crippen LogP contribution >= 0.6 is 11.3 Å². The normalized spacial score (nSPS) is 12.7. The molecule has 1 aromatic carbocycles. The summed E-state index contributed by atoms with van der Waals surface area (Å²) >= 11 is 1.65. The Morgan fingerprint density at radius 2 is 1.78 bits per heavy atom. The highest BCUT2D eigenvalue weighted by molar-refractivity contribution is 7.10. The molecule has 6 nitrogen and oxygen atoms in total. The molecular weight excluding hydrogens is 424 g/mol. The van der Waals surface area contributed by atoms with Crippen molar-refractivity contribution in [2.45, 2.75) is 60.5 Å². The molecule has 7 heteroatoms. The summed E-state index contributed by atoms with van der Waals surface area (Å²) in [7, 11) is 0. The Morgan fingerprint density at radius 1 is 1.03 bits per heavy atom. The zero-order valence-electron chi connectivity index (χ0n) is 19.8. The van der Waals surface area contributed by atoms with Crippen molar-refractivity contribution in [3.63, 3.8) is 0 Å². The summed E-state index contributed by atoms with van der Waals surface area (Å²) < 4.78 is 10.9. The van der Waals surface area contributed by atoms with Crippen LogP contribution in [0.25, 0.3) is 0 Å². The molecule has 0 spiro atoms. The number of nitrogens with zero attached hydrogens (tertiary/aromatic N) is 2. The maximum Gasteiger partial charge on any atom is 0.242 e. The maximum absolute atomic E-state index is 13.5. The molecule has 0 N–H and O–H groups in total. The lowest BCUT2D eigenvalue weighted by Gasteiger charge is -2.29. The van der Waals surface area contributed by atoms with E-state index in [2.05, 4.69) is 13.0 Å². The number of rotatable bonds is 9. The van der Waals surface area contributed by atoms with Gasteiger partial charge in [-0.05, 0) is 53.5 Å². The Morgan fingerprint density at radius 3 is 2.44 bits per heavy atom. The van der Waals surface area contributed by atoms with Gasteiger partial charge in [-0.15, -0.1) is 11.3 Å². The van der Waals surface area contributed by atoms with E-state index in [1.807, 2.05) is 56.2 Å². The van der Waals surface area contributed by atoms with Crippen LogP contribution in [0.3, 0.4) is 0 Å². The lowest BCUT2D eigenvalue weighted by atomic mass is 9.91. The number of aryl methyl sites for hydroxylation is 1. The Hall–Kier alpha value is -2.54. The number of carbonyl (C=O) groups is 2. The summed E-state index contributed by atoms with van der Waals surface area (Å²) in [5.41, 5.74) is 2.03.